The first kappa shape index (κ1) is 11.7. The van der Waals surface area contributed by atoms with Gasteiger partial charge in [-0.05, 0) is 19.4 Å². The molecule has 0 bridgehead atoms. The molecule has 0 saturated carbocycles. The first-order chi connectivity index (χ1) is 8.20. The molecular formula is C12H19N5. The maximum Gasteiger partial charge on any atom is 0.124 e. The van der Waals surface area contributed by atoms with Gasteiger partial charge in [0.2, 0.25) is 0 Å². The van der Waals surface area contributed by atoms with Crippen molar-refractivity contribution in [1.29, 1.82) is 0 Å². The summed E-state index contributed by atoms with van der Waals surface area (Å²) in [4.78, 5) is 0. The maximum absolute atomic E-state index is 4.30. The van der Waals surface area contributed by atoms with Gasteiger partial charge >= 0.3 is 0 Å². The fraction of sp³-hybridized carbons (Fsp3) is 0.500. The SMILES string of the molecule is CCCn1nccc1CNc1cc(C)nn1C. The molecule has 5 heteroatoms. The number of hydrogen-bond donors (Lipinski definition) is 1. The molecule has 0 unspecified atom stereocenters. The van der Waals surface area contributed by atoms with Crippen molar-refractivity contribution in [3.05, 3.63) is 29.7 Å². The van der Waals surface area contributed by atoms with Crippen LogP contribution in [0.3, 0.4) is 0 Å². The average Bonchev–Trinajstić information content (AvgIpc) is 2.83. The summed E-state index contributed by atoms with van der Waals surface area (Å²) in [6, 6.07) is 4.09. The van der Waals surface area contributed by atoms with Crippen molar-refractivity contribution in [3.63, 3.8) is 0 Å². The van der Waals surface area contributed by atoms with Crippen LogP contribution in [0.2, 0.25) is 0 Å². The van der Waals surface area contributed by atoms with Gasteiger partial charge in [0.05, 0.1) is 17.9 Å². The molecule has 17 heavy (non-hydrogen) atoms. The highest BCUT2D eigenvalue weighted by molar-refractivity contribution is 5.36. The molecule has 2 rings (SSSR count). The second-order valence-electron chi connectivity index (χ2n) is 4.19. The van der Waals surface area contributed by atoms with Gasteiger partial charge in [0, 0.05) is 25.9 Å². The molecule has 0 radical (unpaired) electrons. The van der Waals surface area contributed by atoms with Crippen LogP contribution in [-0.4, -0.2) is 19.6 Å². The average molecular weight is 233 g/mol. The highest BCUT2D eigenvalue weighted by Crippen LogP contribution is 2.10. The molecule has 2 heterocycles. The number of nitrogens with one attached hydrogen (secondary N) is 1. The van der Waals surface area contributed by atoms with E-state index in [1.165, 1.54) is 5.69 Å². The van der Waals surface area contributed by atoms with Crippen molar-refractivity contribution < 1.29 is 0 Å². The standard InChI is InChI=1S/C12H19N5/c1-4-7-17-11(5-6-14-17)9-13-12-8-10(2)15-16(12)3/h5-6,8,13H,4,7,9H2,1-3H3. The Labute approximate surface area is 101 Å². The predicted molar refractivity (Wildman–Crippen MR) is 67.8 cm³/mol. The normalized spacial score (nSPS) is 10.8. The Hall–Kier alpha value is -1.78. The van der Waals surface area contributed by atoms with Gasteiger partial charge in [-0.3, -0.25) is 9.36 Å². The minimum absolute atomic E-state index is 0.777. The number of aromatic nitrogens is 4. The molecule has 0 amide bonds. The molecule has 0 saturated heterocycles. The molecular weight excluding hydrogens is 214 g/mol. The molecule has 0 atom stereocenters. The third-order valence-corrected chi connectivity index (χ3v) is 2.69. The second-order valence-corrected chi connectivity index (χ2v) is 4.19. The molecule has 2 aromatic heterocycles. The minimum Gasteiger partial charge on any atom is -0.365 e. The van der Waals surface area contributed by atoms with E-state index in [2.05, 4.69) is 22.4 Å². The Kier molecular flexibility index (Phi) is 3.46. The molecule has 5 nitrogen and oxygen atoms in total. The van der Waals surface area contributed by atoms with E-state index in [4.69, 9.17) is 0 Å². The Bertz CT molecular complexity index is 483. The van der Waals surface area contributed by atoms with Crippen molar-refractivity contribution in [1.82, 2.24) is 19.6 Å². The van der Waals surface area contributed by atoms with Crippen molar-refractivity contribution in [2.24, 2.45) is 7.05 Å². The van der Waals surface area contributed by atoms with Gasteiger partial charge in [0.25, 0.3) is 0 Å². The molecule has 1 N–H and O–H groups in total. The Morgan fingerprint density at radius 3 is 2.88 bits per heavy atom. The molecule has 0 aliphatic rings. The number of rotatable bonds is 5. The van der Waals surface area contributed by atoms with Crippen LogP contribution in [0, 0.1) is 6.92 Å². The zero-order valence-electron chi connectivity index (χ0n) is 10.6. The number of anilines is 1. The van der Waals surface area contributed by atoms with E-state index in [1.807, 2.05) is 41.7 Å². The largest absolute Gasteiger partial charge is 0.365 e. The van der Waals surface area contributed by atoms with E-state index < -0.39 is 0 Å². The highest BCUT2D eigenvalue weighted by Gasteiger charge is 2.04. The number of aryl methyl sites for hydroxylation is 3. The maximum atomic E-state index is 4.30. The van der Waals surface area contributed by atoms with E-state index in [1.54, 1.807) is 0 Å². The molecule has 0 fully saturated rings. The highest BCUT2D eigenvalue weighted by atomic mass is 15.3. The summed E-state index contributed by atoms with van der Waals surface area (Å²) in [6.07, 6.45) is 2.95. The van der Waals surface area contributed by atoms with Crippen LogP contribution < -0.4 is 5.32 Å². The Morgan fingerprint density at radius 2 is 2.24 bits per heavy atom. The van der Waals surface area contributed by atoms with Crippen LogP contribution in [0.25, 0.3) is 0 Å². The predicted octanol–water partition coefficient (Wildman–Crippen LogP) is 1.95. The van der Waals surface area contributed by atoms with Crippen LogP contribution >= 0.6 is 0 Å². The lowest BCUT2D eigenvalue weighted by Crippen LogP contribution is -2.10. The number of nitrogens with zero attached hydrogens (tertiary/aromatic N) is 4. The Balaban J connectivity index is 2.02. The first-order valence-corrected chi connectivity index (χ1v) is 5.96. The lowest BCUT2D eigenvalue weighted by Gasteiger charge is -2.08. The molecule has 92 valence electrons. The zero-order valence-corrected chi connectivity index (χ0v) is 10.6. The van der Waals surface area contributed by atoms with Crippen molar-refractivity contribution >= 4 is 5.82 Å². The van der Waals surface area contributed by atoms with Gasteiger partial charge in [-0.2, -0.15) is 10.2 Å². The van der Waals surface area contributed by atoms with Gasteiger partial charge in [0.1, 0.15) is 5.82 Å². The van der Waals surface area contributed by atoms with Gasteiger partial charge < -0.3 is 5.32 Å². The quantitative estimate of drug-likeness (QED) is 0.858. The number of hydrogen-bond acceptors (Lipinski definition) is 3. The second kappa shape index (κ2) is 5.03. The third kappa shape index (κ3) is 2.67. The molecule has 0 aliphatic carbocycles. The molecule has 2 aromatic rings. The minimum atomic E-state index is 0.777. The van der Waals surface area contributed by atoms with Crippen LogP contribution in [-0.2, 0) is 20.1 Å². The van der Waals surface area contributed by atoms with Crippen LogP contribution in [0.4, 0.5) is 5.82 Å². The van der Waals surface area contributed by atoms with Crippen molar-refractivity contribution in [2.45, 2.75) is 33.4 Å². The van der Waals surface area contributed by atoms with E-state index in [9.17, 15) is 0 Å². The van der Waals surface area contributed by atoms with Crippen molar-refractivity contribution in [3.8, 4) is 0 Å². The molecule has 0 aliphatic heterocycles. The van der Waals surface area contributed by atoms with Gasteiger partial charge in [0.15, 0.2) is 0 Å². The summed E-state index contributed by atoms with van der Waals surface area (Å²) in [6.45, 7) is 5.89. The van der Waals surface area contributed by atoms with E-state index in [0.29, 0.717) is 0 Å². The topological polar surface area (TPSA) is 47.7 Å². The third-order valence-electron chi connectivity index (χ3n) is 2.69. The summed E-state index contributed by atoms with van der Waals surface area (Å²) in [7, 11) is 1.94. The van der Waals surface area contributed by atoms with Crippen LogP contribution in [0.5, 0.6) is 0 Å². The van der Waals surface area contributed by atoms with Crippen molar-refractivity contribution in [2.75, 3.05) is 5.32 Å². The van der Waals surface area contributed by atoms with Crippen LogP contribution in [0.15, 0.2) is 18.3 Å². The fourth-order valence-corrected chi connectivity index (χ4v) is 1.88. The van der Waals surface area contributed by atoms with E-state index in [0.717, 1.165) is 31.0 Å². The monoisotopic (exact) mass is 233 g/mol. The summed E-state index contributed by atoms with van der Waals surface area (Å²) in [5, 5.41) is 12.0. The first-order valence-electron chi connectivity index (χ1n) is 5.96. The van der Waals surface area contributed by atoms with Gasteiger partial charge in [-0.15, -0.1) is 0 Å². The zero-order chi connectivity index (χ0) is 12.3. The summed E-state index contributed by atoms with van der Waals surface area (Å²) in [5.41, 5.74) is 2.22. The van der Waals surface area contributed by atoms with Crippen LogP contribution in [0.1, 0.15) is 24.7 Å². The fourth-order valence-electron chi connectivity index (χ4n) is 1.88. The van der Waals surface area contributed by atoms with E-state index >= 15 is 0 Å². The summed E-state index contributed by atoms with van der Waals surface area (Å²) >= 11 is 0. The lowest BCUT2D eigenvalue weighted by atomic mass is 10.4. The lowest BCUT2D eigenvalue weighted by molar-refractivity contribution is 0.577. The smallest absolute Gasteiger partial charge is 0.124 e. The molecule has 0 aromatic carbocycles. The Morgan fingerprint density at radius 1 is 1.41 bits per heavy atom. The van der Waals surface area contributed by atoms with Gasteiger partial charge in [-0.1, -0.05) is 6.92 Å². The summed E-state index contributed by atoms with van der Waals surface area (Å²) < 4.78 is 3.89. The summed E-state index contributed by atoms with van der Waals surface area (Å²) in [5.74, 6) is 1.03. The van der Waals surface area contributed by atoms with E-state index in [-0.39, 0.29) is 0 Å². The van der Waals surface area contributed by atoms with Gasteiger partial charge in [-0.25, -0.2) is 0 Å². The molecule has 0 spiro atoms.